The monoisotopic (exact) mass is 329 g/mol. The first-order valence-electron chi connectivity index (χ1n) is 7.43. The van der Waals surface area contributed by atoms with E-state index in [1.165, 1.54) is 6.92 Å². The first kappa shape index (κ1) is 17.4. The fraction of sp³-hybridized carbons (Fsp3) is 0.294. The third-order valence-electron chi connectivity index (χ3n) is 3.69. The molecule has 0 bridgehead atoms. The number of carboxylic acids is 1. The number of carbonyl (C=O) groups is 3. The maximum absolute atomic E-state index is 12.4. The van der Waals surface area contributed by atoms with Crippen molar-refractivity contribution in [3.8, 4) is 5.69 Å². The summed E-state index contributed by atoms with van der Waals surface area (Å²) in [5, 5.41) is 11.6. The smallest absolute Gasteiger partial charge is 0.326 e. The van der Waals surface area contributed by atoms with Gasteiger partial charge < -0.3 is 15.0 Å². The Morgan fingerprint density at radius 1 is 1.25 bits per heavy atom. The first-order chi connectivity index (χ1) is 11.3. The van der Waals surface area contributed by atoms with E-state index in [2.05, 4.69) is 10.3 Å². The average Bonchev–Trinajstić information content (AvgIpc) is 2.81. The number of carbonyl (C=O) groups excluding carboxylic acids is 2. The quantitative estimate of drug-likeness (QED) is 0.839. The maximum atomic E-state index is 12.4. The molecule has 0 aliphatic rings. The SMILES string of the molecule is CC(=O)CC(NC(=O)c1cc(C)n(-c2ccncc2)c1C)C(=O)O. The van der Waals surface area contributed by atoms with Crippen molar-refractivity contribution in [2.24, 2.45) is 0 Å². The molecule has 2 aromatic heterocycles. The van der Waals surface area contributed by atoms with Crippen LogP contribution in [0.5, 0.6) is 0 Å². The molecule has 0 aliphatic carbocycles. The molecule has 0 spiro atoms. The lowest BCUT2D eigenvalue weighted by molar-refractivity contribution is -0.140. The number of carboxylic acid groups (broad SMARTS) is 1. The molecule has 0 fully saturated rings. The highest BCUT2D eigenvalue weighted by molar-refractivity contribution is 5.99. The lowest BCUT2D eigenvalue weighted by atomic mass is 10.1. The summed E-state index contributed by atoms with van der Waals surface area (Å²) in [6.45, 7) is 4.93. The van der Waals surface area contributed by atoms with E-state index in [0.29, 0.717) is 11.3 Å². The molecule has 2 N–H and O–H groups in total. The van der Waals surface area contributed by atoms with Gasteiger partial charge in [0, 0.05) is 35.9 Å². The van der Waals surface area contributed by atoms with Gasteiger partial charge in [-0.1, -0.05) is 0 Å². The summed E-state index contributed by atoms with van der Waals surface area (Å²) in [5.41, 5.74) is 2.75. The zero-order chi connectivity index (χ0) is 17.9. The van der Waals surface area contributed by atoms with Crippen LogP contribution in [0, 0.1) is 13.8 Å². The Hall–Kier alpha value is -2.96. The van der Waals surface area contributed by atoms with Crippen LogP contribution >= 0.6 is 0 Å². The number of ketones is 1. The number of aliphatic carboxylic acids is 1. The molecule has 7 nitrogen and oxygen atoms in total. The van der Waals surface area contributed by atoms with Crippen LogP contribution in [0.25, 0.3) is 5.69 Å². The van der Waals surface area contributed by atoms with Crippen LogP contribution in [-0.2, 0) is 9.59 Å². The normalized spacial score (nSPS) is 11.8. The van der Waals surface area contributed by atoms with E-state index >= 15 is 0 Å². The molecule has 7 heteroatoms. The van der Waals surface area contributed by atoms with Gasteiger partial charge in [0.2, 0.25) is 0 Å². The lowest BCUT2D eigenvalue weighted by Crippen LogP contribution is -2.42. The average molecular weight is 329 g/mol. The van der Waals surface area contributed by atoms with Gasteiger partial charge in [0.1, 0.15) is 11.8 Å². The number of aromatic nitrogens is 2. The molecule has 2 heterocycles. The number of aryl methyl sites for hydroxylation is 1. The standard InChI is InChI=1S/C17H19N3O4/c1-10-8-14(12(3)20(10)13-4-6-18-7-5-13)16(22)19-15(17(23)24)9-11(2)21/h4-8,15H,9H2,1-3H3,(H,19,22)(H,23,24). The van der Waals surface area contributed by atoms with Crippen molar-refractivity contribution in [1.29, 1.82) is 0 Å². The Labute approximate surface area is 139 Å². The second-order valence-corrected chi connectivity index (χ2v) is 5.60. The van der Waals surface area contributed by atoms with Gasteiger partial charge in [0.25, 0.3) is 5.91 Å². The van der Waals surface area contributed by atoms with Crippen molar-refractivity contribution >= 4 is 17.7 Å². The minimum Gasteiger partial charge on any atom is -0.480 e. The van der Waals surface area contributed by atoms with Crippen molar-refractivity contribution in [2.45, 2.75) is 33.2 Å². The molecular weight excluding hydrogens is 310 g/mol. The molecule has 0 aliphatic heterocycles. The predicted molar refractivity (Wildman–Crippen MR) is 87.2 cm³/mol. The number of Topliss-reactive ketones (excluding diaryl/α,β-unsaturated/α-hetero) is 1. The van der Waals surface area contributed by atoms with Crippen molar-refractivity contribution in [3.63, 3.8) is 0 Å². The zero-order valence-corrected chi connectivity index (χ0v) is 13.7. The van der Waals surface area contributed by atoms with Crippen LogP contribution in [0.2, 0.25) is 0 Å². The summed E-state index contributed by atoms with van der Waals surface area (Å²) >= 11 is 0. The van der Waals surface area contributed by atoms with Gasteiger partial charge in [-0.25, -0.2) is 4.79 Å². The number of hydrogen-bond donors (Lipinski definition) is 2. The van der Waals surface area contributed by atoms with Gasteiger partial charge in [-0.2, -0.15) is 0 Å². The third-order valence-corrected chi connectivity index (χ3v) is 3.69. The van der Waals surface area contributed by atoms with Gasteiger partial charge in [0.05, 0.1) is 5.56 Å². The van der Waals surface area contributed by atoms with Crippen LogP contribution in [0.15, 0.2) is 30.6 Å². The van der Waals surface area contributed by atoms with Crippen molar-refractivity contribution in [2.75, 3.05) is 0 Å². The molecule has 0 saturated carbocycles. The Kier molecular flexibility index (Phi) is 5.13. The van der Waals surface area contributed by atoms with Gasteiger partial charge >= 0.3 is 5.97 Å². The molecule has 1 amide bonds. The molecule has 1 unspecified atom stereocenters. The molecule has 126 valence electrons. The van der Waals surface area contributed by atoms with Crippen LogP contribution in [0.4, 0.5) is 0 Å². The van der Waals surface area contributed by atoms with E-state index in [1.807, 2.05) is 23.6 Å². The van der Waals surface area contributed by atoms with Crippen molar-refractivity contribution in [3.05, 3.63) is 47.5 Å². The van der Waals surface area contributed by atoms with Crippen LogP contribution in [-0.4, -0.2) is 38.4 Å². The predicted octanol–water partition coefficient (Wildman–Crippen LogP) is 1.65. The number of pyridine rings is 1. The number of amides is 1. The molecular formula is C17H19N3O4. The maximum Gasteiger partial charge on any atom is 0.326 e. The Morgan fingerprint density at radius 3 is 2.42 bits per heavy atom. The summed E-state index contributed by atoms with van der Waals surface area (Å²) < 4.78 is 1.89. The molecule has 0 radical (unpaired) electrons. The summed E-state index contributed by atoms with van der Waals surface area (Å²) in [4.78, 5) is 38.8. The molecule has 0 saturated heterocycles. The van der Waals surface area contributed by atoms with E-state index in [4.69, 9.17) is 5.11 Å². The summed E-state index contributed by atoms with van der Waals surface area (Å²) in [6, 6.07) is 4.09. The van der Waals surface area contributed by atoms with Crippen LogP contribution in [0.3, 0.4) is 0 Å². The van der Waals surface area contributed by atoms with E-state index < -0.39 is 17.9 Å². The minimum absolute atomic E-state index is 0.246. The lowest BCUT2D eigenvalue weighted by Gasteiger charge is -2.13. The Morgan fingerprint density at radius 2 is 1.88 bits per heavy atom. The highest BCUT2D eigenvalue weighted by Crippen LogP contribution is 2.20. The summed E-state index contributed by atoms with van der Waals surface area (Å²) in [5.74, 6) is -2.05. The molecule has 0 aromatic carbocycles. The zero-order valence-electron chi connectivity index (χ0n) is 13.7. The summed E-state index contributed by atoms with van der Waals surface area (Å²) in [6.07, 6.45) is 3.06. The largest absolute Gasteiger partial charge is 0.480 e. The molecule has 2 aromatic rings. The molecule has 1 atom stereocenters. The van der Waals surface area contributed by atoms with Gasteiger partial charge in [-0.15, -0.1) is 0 Å². The summed E-state index contributed by atoms with van der Waals surface area (Å²) in [7, 11) is 0. The minimum atomic E-state index is -1.24. The van der Waals surface area contributed by atoms with E-state index in [0.717, 1.165) is 11.4 Å². The van der Waals surface area contributed by atoms with Crippen LogP contribution in [0.1, 0.15) is 35.1 Å². The Balaban J connectivity index is 2.31. The third kappa shape index (κ3) is 3.68. The van der Waals surface area contributed by atoms with E-state index in [1.54, 1.807) is 25.4 Å². The first-order valence-corrected chi connectivity index (χ1v) is 7.43. The number of hydrogen-bond acceptors (Lipinski definition) is 4. The second-order valence-electron chi connectivity index (χ2n) is 5.60. The van der Waals surface area contributed by atoms with E-state index in [9.17, 15) is 14.4 Å². The van der Waals surface area contributed by atoms with Crippen molar-refractivity contribution in [1.82, 2.24) is 14.9 Å². The Bertz CT molecular complexity index is 781. The fourth-order valence-electron chi connectivity index (χ4n) is 2.61. The van der Waals surface area contributed by atoms with Gasteiger partial charge in [0.15, 0.2) is 0 Å². The fourth-order valence-corrected chi connectivity index (χ4v) is 2.61. The van der Waals surface area contributed by atoms with E-state index in [-0.39, 0.29) is 12.2 Å². The highest BCUT2D eigenvalue weighted by Gasteiger charge is 2.24. The topological polar surface area (TPSA) is 101 Å². The number of rotatable bonds is 6. The number of nitrogens with zero attached hydrogens (tertiary/aromatic N) is 2. The van der Waals surface area contributed by atoms with Crippen LogP contribution < -0.4 is 5.32 Å². The second kappa shape index (κ2) is 7.08. The molecule has 2 rings (SSSR count). The van der Waals surface area contributed by atoms with Gasteiger partial charge in [-0.3, -0.25) is 14.6 Å². The van der Waals surface area contributed by atoms with Gasteiger partial charge in [-0.05, 0) is 39.0 Å². The highest BCUT2D eigenvalue weighted by atomic mass is 16.4. The van der Waals surface area contributed by atoms with Crippen molar-refractivity contribution < 1.29 is 19.5 Å². The molecule has 24 heavy (non-hydrogen) atoms. The number of nitrogens with one attached hydrogen (secondary N) is 1.